The Balaban J connectivity index is 1.73. The molecule has 0 atom stereocenters. The summed E-state index contributed by atoms with van der Waals surface area (Å²) in [6.45, 7) is 1.34. The number of hydrazone groups is 1. The topological polar surface area (TPSA) is 72.8 Å². The van der Waals surface area contributed by atoms with Crippen LogP contribution < -0.4 is 14.9 Å². The van der Waals surface area contributed by atoms with Crippen LogP contribution in [0.4, 0.5) is 5.13 Å². The fraction of sp³-hybridized carbons (Fsp3) is 0.105. The number of benzene rings is 2. The van der Waals surface area contributed by atoms with Crippen molar-refractivity contribution >= 4 is 44.6 Å². The van der Waals surface area contributed by atoms with Gasteiger partial charge >= 0.3 is 5.97 Å². The van der Waals surface area contributed by atoms with Crippen molar-refractivity contribution in [2.45, 2.75) is 6.92 Å². The van der Waals surface area contributed by atoms with Gasteiger partial charge in [0.25, 0.3) is 0 Å². The van der Waals surface area contributed by atoms with Crippen LogP contribution in [0.3, 0.4) is 0 Å². The van der Waals surface area contributed by atoms with Crippen LogP contribution in [0.5, 0.6) is 11.5 Å². The number of nitrogens with one attached hydrogen (secondary N) is 1. The van der Waals surface area contributed by atoms with E-state index in [-0.39, 0.29) is 0 Å². The minimum atomic E-state index is -0.415. The molecule has 1 N–H and O–H groups in total. The first-order valence-electron chi connectivity index (χ1n) is 7.93. The smallest absolute Gasteiger partial charge is 0.308 e. The highest BCUT2D eigenvalue weighted by Gasteiger charge is 2.11. The molecule has 3 rings (SSSR count). The second-order valence-electron chi connectivity index (χ2n) is 5.39. The van der Waals surface area contributed by atoms with Crippen LogP contribution in [-0.4, -0.2) is 24.3 Å². The number of rotatable bonds is 6. The normalized spacial score (nSPS) is 10.8. The van der Waals surface area contributed by atoms with Crippen LogP contribution in [0.25, 0.3) is 11.3 Å². The lowest BCUT2D eigenvalue weighted by Gasteiger charge is -2.10. The standard InChI is InChI=1S/C19H16BrN3O3S/c1-12(24)26-18-9-15(20)14(8-17(18)25-2)10-21-23-19-22-16(11-27-19)13-6-4-3-5-7-13/h3-11H,1-2H3,(H,22,23). The van der Waals surface area contributed by atoms with Gasteiger partial charge < -0.3 is 9.47 Å². The van der Waals surface area contributed by atoms with Crippen LogP contribution in [-0.2, 0) is 4.79 Å². The number of aromatic nitrogens is 1. The highest BCUT2D eigenvalue weighted by molar-refractivity contribution is 9.10. The zero-order valence-electron chi connectivity index (χ0n) is 14.6. The molecule has 0 radical (unpaired) electrons. The second-order valence-corrected chi connectivity index (χ2v) is 7.10. The zero-order chi connectivity index (χ0) is 19.2. The molecule has 0 spiro atoms. The van der Waals surface area contributed by atoms with Crippen molar-refractivity contribution in [3.63, 3.8) is 0 Å². The van der Waals surface area contributed by atoms with Crippen molar-refractivity contribution in [3.8, 4) is 22.8 Å². The molecule has 0 fully saturated rings. The van der Waals surface area contributed by atoms with E-state index in [1.807, 2.05) is 35.7 Å². The van der Waals surface area contributed by atoms with E-state index in [1.54, 1.807) is 18.3 Å². The quantitative estimate of drug-likeness (QED) is 0.251. The summed E-state index contributed by atoms with van der Waals surface area (Å²) in [5.41, 5.74) is 5.63. The molecule has 8 heteroatoms. The highest BCUT2D eigenvalue weighted by Crippen LogP contribution is 2.33. The number of ether oxygens (including phenoxy) is 2. The first-order valence-corrected chi connectivity index (χ1v) is 9.60. The number of nitrogens with zero attached hydrogens (tertiary/aromatic N) is 2. The number of hydrogen-bond donors (Lipinski definition) is 1. The minimum absolute atomic E-state index is 0.342. The van der Waals surface area contributed by atoms with Crippen LogP contribution in [0.15, 0.2) is 57.4 Å². The lowest BCUT2D eigenvalue weighted by atomic mass is 10.2. The van der Waals surface area contributed by atoms with E-state index < -0.39 is 5.97 Å². The van der Waals surface area contributed by atoms with Crippen molar-refractivity contribution in [3.05, 3.63) is 57.9 Å². The van der Waals surface area contributed by atoms with E-state index in [0.29, 0.717) is 21.1 Å². The molecule has 2 aromatic carbocycles. The van der Waals surface area contributed by atoms with Gasteiger partial charge in [-0.3, -0.25) is 10.2 Å². The summed E-state index contributed by atoms with van der Waals surface area (Å²) in [6, 6.07) is 13.3. The Hall–Kier alpha value is -2.71. The Morgan fingerprint density at radius 3 is 2.74 bits per heavy atom. The number of carbonyl (C=O) groups is 1. The van der Waals surface area contributed by atoms with E-state index in [9.17, 15) is 4.79 Å². The summed E-state index contributed by atoms with van der Waals surface area (Å²) in [5, 5.41) is 6.88. The van der Waals surface area contributed by atoms with Crippen molar-refractivity contribution in [1.82, 2.24) is 4.98 Å². The van der Waals surface area contributed by atoms with E-state index in [0.717, 1.165) is 16.8 Å². The van der Waals surface area contributed by atoms with Crippen molar-refractivity contribution in [2.24, 2.45) is 5.10 Å². The molecule has 0 unspecified atom stereocenters. The maximum atomic E-state index is 11.2. The molecule has 0 amide bonds. The Bertz CT molecular complexity index is 974. The second kappa shape index (κ2) is 8.79. The van der Waals surface area contributed by atoms with Crippen molar-refractivity contribution < 1.29 is 14.3 Å². The average molecular weight is 446 g/mol. The van der Waals surface area contributed by atoms with Gasteiger partial charge in [0.1, 0.15) is 0 Å². The Morgan fingerprint density at radius 1 is 1.26 bits per heavy atom. The van der Waals surface area contributed by atoms with Gasteiger partial charge in [-0.2, -0.15) is 5.10 Å². The number of hydrogen-bond acceptors (Lipinski definition) is 7. The first kappa shape index (κ1) is 19.1. The van der Waals surface area contributed by atoms with Gasteiger partial charge in [-0.25, -0.2) is 4.98 Å². The minimum Gasteiger partial charge on any atom is -0.493 e. The summed E-state index contributed by atoms with van der Waals surface area (Å²) in [4.78, 5) is 15.7. The molecule has 1 aromatic heterocycles. The van der Waals surface area contributed by atoms with Crippen molar-refractivity contribution in [2.75, 3.05) is 12.5 Å². The SMILES string of the molecule is COc1cc(C=NNc2nc(-c3ccccc3)cs2)c(Br)cc1OC(C)=O. The Labute approximate surface area is 169 Å². The molecule has 0 saturated heterocycles. The summed E-state index contributed by atoms with van der Waals surface area (Å²) < 4.78 is 11.1. The summed E-state index contributed by atoms with van der Waals surface area (Å²) in [5.74, 6) is 0.367. The van der Waals surface area contributed by atoms with Gasteiger partial charge in [-0.05, 0) is 28.1 Å². The Kier molecular flexibility index (Phi) is 6.20. The summed E-state index contributed by atoms with van der Waals surface area (Å²) in [6.07, 6.45) is 1.63. The molecule has 0 saturated carbocycles. The molecule has 0 aliphatic heterocycles. The molecule has 138 valence electrons. The van der Waals surface area contributed by atoms with E-state index in [1.165, 1.54) is 25.4 Å². The van der Waals surface area contributed by atoms with Crippen LogP contribution in [0, 0.1) is 0 Å². The third kappa shape index (κ3) is 4.93. The summed E-state index contributed by atoms with van der Waals surface area (Å²) >= 11 is 4.91. The molecular formula is C19H16BrN3O3S. The third-order valence-corrected chi connectivity index (χ3v) is 4.91. The predicted molar refractivity (Wildman–Crippen MR) is 111 cm³/mol. The number of carbonyl (C=O) groups excluding carboxylic acids is 1. The van der Waals surface area contributed by atoms with Gasteiger partial charge in [0.05, 0.1) is 19.0 Å². The van der Waals surface area contributed by atoms with Gasteiger partial charge in [-0.15, -0.1) is 11.3 Å². The fourth-order valence-electron chi connectivity index (χ4n) is 2.27. The van der Waals surface area contributed by atoms with Crippen LogP contribution >= 0.6 is 27.3 Å². The summed E-state index contributed by atoms with van der Waals surface area (Å²) in [7, 11) is 1.51. The number of thiazole rings is 1. The maximum Gasteiger partial charge on any atom is 0.308 e. The van der Waals surface area contributed by atoms with Crippen LogP contribution in [0.2, 0.25) is 0 Å². The molecule has 0 aliphatic rings. The van der Waals surface area contributed by atoms with E-state index in [2.05, 4.69) is 31.4 Å². The van der Waals surface area contributed by atoms with Gasteiger partial charge in [-0.1, -0.05) is 30.3 Å². The average Bonchev–Trinajstić information content (AvgIpc) is 3.12. The highest BCUT2D eigenvalue weighted by atomic mass is 79.9. The zero-order valence-corrected chi connectivity index (χ0v) is 17.0. The van der Waals surface area contributed by atoms with Gasteiger partial charge in [0, 0.05) is 27.9 Å². The van der Waals surface area contributed by atoms with Gasteiger partial charge in [0.2, 0.25) is 5.13 Å². The monoisotopic (exact) mass is 445 g/mol. The van der Waals surface area contributed by atoms with Crippen molar-refractivity contribution in [1.29, 1.82) is 0 Å². The number of halogens is 1. The molecule has 1 heterocycles. The molecular weight excluding hydrogens is 430 g/mol. The first-order chi connectivity index (χ1) is 13.1. The van der Waals surface area contributed by atoms with Crippen LogP contribution in [0.1, 0.15) is 12.5 Å². The number of methoxy groups -OCH3 is 1. The third-order valence-electron chi connectivity index (χ3n) is 3.47. The lowest BCUT2D eigenvalue weighted by molar-refractivity contribution is -0.132. The van der Waals surface area contributed by atoms with E-state index in [4.69, 9.17) is 9.47 Å². The molecule has 0 bridgehead atoms. The Morgan fingerprint density at radius 2 is 2.04 bits per heavy atom. The van der Waals surface area contributed by atoms with Gasteiger partial charge in [0.15, 0.2) is 11.5 Å². The molecule has 3 aromatic rings. The number of esters is 1. The lowest BCUT2D eigenvalue weighted by Crippen LogP contribution is -2.04. The predicted octanol–water partition coefficient (Wildman–Crippen LogP) is 4.95. The maximum absolute atomic E-state index is 11.2. The number of anilines is 1. The molecule has 27 heavy (non-hydrogen) atoms. The largest absolute Gasteiger partial charge is 0.493 e. The fourth-order valence-corrected chi connectivity index (χ4v) is 3.36. The molecule has 0 aliphatic carbocycles. The van der Waals surface area contributed by atoms with E-state index >= 15 is 0 Å². The molecule has 6 nitrogen and oxygen atoms in total.